The number of benzene rings is 2. The van der Waals surface area contributed by atoms with E-state index in [0.29, 0.717) is 16.5 Å². The molecule has 146 valence electrons. The van der Waals surface area contributed by atoms with Crippen LogP contribution in [0.15, 0.2) is 42.6 Å². The number of aromatic nitrogens is 1. The molecule has 0 bridgehead atoms. The van der Waals surface area contributed by atoms with Crippen LogP contribution in [-0.4, -0.2) is 34.2 Å². The summed E-state index contributed by atoms with van der Waals surface area (Å²) in [5.41, 5.74) is 1.01. The van der Waals surface area contributed by atoms with E-state index in [2.05, 4.69) is 4.98 Å². The first-order valence-electron chi connectivity index (χ1n) is 8.40. The fraction of sp³-hybridized carbons (Fsp3) is 0.100. The van der Waals surface area contributed by atoms with Crippen LogP contribution >= 0.6 is 23.2 Å². The molecule has 0 saturated heterocycles. The van der Waals surface area contributed by atoms with E-state index >= 15 is 0 Å². The molecule has 0 unspecified atom stereocenters. The van der Waals surface area contributed by atoms with E-state index in [0.717, 1.165) is 4.90 Å². The summed E-state index contributed by atoms with van der Waals surface area (Å²) < 4.78 is 19.0. The molecule has 0 spiro atoms. The number of halogens is 3. The van der Waals surface area contributed by atoms with Gasteiger partial charge in [-0.1, -0.05) is 29.3 Å². The first-order valence-corrected chi connectivity index (χ1v) is 9.15. The Morgan fingerprint density at radius 2 is 1.72 bits per heavy atom. The lowest BCUT2D eigenvalue weighted by Crippen LogP contribution is -2.35. The van der Waals surface area contributed by atoms with Crippen molar-refractivity contribution in [3.05, 3.63) is 75.1 Å². The third-order valence-corrected chi connectivity index (χ3v) is 5.21. The number of fused-ring (bicyclic) bond motifs is 2. The number of rotatable bonds is 4. The zero-order chi connectivity index (χ0) is 20.7. The monoisotopic (exact) mass is 432 g/mol. The van der Waals surface area contributed by atoms with Gasteiger partial charge in [0.15, 0.2) is 0 Å². The average Bonchev–Trinajstić information content (AvgIpc) is 2.92. The molecule has 1 aromatic heterocycles. The Morgan fingerprint density at radius 1 is 1.07 bits per heavy atom. The molecule has 9 heteroatoms. The highest BCUT2D eigenvalue weighted by Crippen LogP contribution is 2.31. The van der Waals surface area contributed by atoms with Crippen molar-refractivity contribution in [3.8, 4) is 0 Å². The van der Waals surface area contributed by atoms with Crippen molar-refractivity contribution in [2.24, 2.45) is 0 Å². The Balaban J connectivity index is 1.48. The third-order valence-electron chi connectivity index (χ3n) is 4.49. The molecule has 0 saturated carbocycles. The maximum absolute atomic E-state index is 13.9. The highest BCUT2D eigenvalue weighted by Gasteiger charge is 2.37. The van der Waals surface area contributed by atoms with Gasteiger partial charge < -0.3 is 4.74 Å². The van der Waals surface area contributed by atoms with E-state index in [9.17, 15) is 18.8 Å². The van der Waals surface area contributed by atoms with Crippen LogP contribution in [0.1, 0.15) is 26.3 Å². The summed E-state index contributed by atoms with van der Waals surface area (Å²) in [6, 6.07) is 8.47. The summed E-state index contributed by atoms with van der Waals surface area (Å²) in [7, 11) is 0. The molecule has 29 heavy (non-hydrogen) atoms. The Bertz CT molecular complexity index is 1160. The number of carbonyl (C=O) groups is 3. The number of nitrogens with zero attached hydrogens (tertiary/aromatic N) is 2. The van der Waals surface area contributed by atoms with Gasteiger partial charge in [0.2, 0.25) is 0 Å². The summed E-state index contributed by atoms with van der Waals surface area (Å²) in [4.78, 5) is 42.0. The van der Waals surface area contributed by atoms with Crippen LogP contribution in [0.5, 0.6) is 0 Å². The molecule has 3 aromatic rings. The number of imide groups is 1. The minimum absolute atomic E-state index is 0.0749. The fourth-order valence-electron chi connectivity index (χ4n) is 3.07. The molecule has 0 fully saturated rings. The fourth-order valence-corrected chi connectivity index (χ4v) is 3.40. The zero-order valence-electron chi connectivity index (χ0n) is 14.6. The van der Waals surface area contributed by atoms with Crippen molar-refractivity contribution in [2.45, 2.75) is 6.61 Å². The maximum Gasteiger partial charge on any atom is 0.326 e. The molecular formula is C20H11Cl2FN2O4. The van der Waals surface area contributed by atoms with E-state index in [-0.39, 0.29) is 27.8 Å². The van der Waals surface area contributed by atoms with Crippen molar-refractivity contribution in [2.75, 3.05) is 6.54 Å². The number of hydrogen-bond acceptors (Lipinski definition) is 5. The molecule has 0 radical (unpaired) electrons. The Labute approximate surface area is 173 Å². The van der Waals surface area contributed by atoms with Gasteiger partial charge >= 0.3 is 5.97 Å². The molecular weight excluding hydrogens is 422 g/mol. The third kappa shape index (κ3) is 3.43. The number of hydrogen-bond donors (Lipinski definition) is 0. The summed E-state index contributed by atoms with van der Waals surface area (Å²) >= 11 is 11.8. The van der Waals surface area contributed by atoms with Crippen molar-refractivity contribution in [1.82, 2.24) is 9.88 Å². The normalized spacial score (nSPS) is 13.1. The minimum Gasteiger partial charge on any atom is -0.459 e. The molecule has 0 N–H and O–H groups in total. The van der Waals surface area contributed by atoms with Crippen LogP contribution in [0.25, 0.3) is 10.9 Å². The van der Waals surface area contributed by atoms with Crippen LogP contribution in [0, 0.1) is 5.82 Å². The van der Waals surface area contributed by atoms with Gasteiger partial charge in [0.1, 0.15) is 19.0 Å². The summed E-state index contributed by atoms with van der Waals surface area (Å²) in [5.74, 6) is -2.56. The van der Waals surface area contributed by atoms with Gasteiger partial charge in [-0.3, -0.25) is 24.3 Å². The summed E-state index contributed by atoms with van der Waals surface area (Å²) in [6.07, 6.45) is 1.50. The van der Waals surface area contributed by atoms with Crippen LogP contribution in [-0.2, 0) is 16.1 Å². The largest absolute Gasteiger partial charge is 0.459 e. The second-order valence-electron chi connectivity index (χ2n) is 6.28. The maximum atomic E-state index is 13.9. The highest BCUT2D eigenvalue weighted by atomic mass is 35.5. The Kier molecular flexibility index (Phi) is 4.94. The van der Waals surface area contributed by atoms with Gasteiger partial charge in [-0.05, 0) is 30.3 Å². The predicted octanol–water partition coefficient (Wildman–Crippen LogP) is 4.02. The summed E-state index contributed by atoms with van der Waals surface area (Å²) in [6.45, 7) is -0.762. The number of amides is 2. The topological polar surface area (TPSA) is 76.6 Å². The van der Waals surface area contributed by atoms with Gasteiger partial charge in [0, 0.05) is 17.1 Å². The van der Waals surface area contributed by atoms with Gasteiger partial charge in [-0.15, -0.1) is 0 Å². The quantitative estimate of drug-likeness (QED) is 0.459. The minimum atomic E-state index is -0.801. The van der Waals surface area contributed by atoms with Crippen LogP contribution in [0.4, 0.5) is 4.39 Å². The number of carbonyl (C=O) groups excluding carboxylic acids is 3. The standard InChI is InChI=1S/C20H11Cl2FN2O4/c21-14-6-12-13(7-15(14)22)20(28)25(19(12)27)8-17(26)29-9-10-3-4-16(23)11-2-1-5-24-18(10)11/h1-7H,8-9H2. The lowest BCUT2D eigenvalue weighted by atomic mass is 10.1. The lowest BCUT2D eigenvalue weighted by molar-refractivity contribution is -0.145. The molecule has 0 atom stereocenters. The zero-order valence-corrected chi connectivity index (χ0v) is 16.1. The number of pyridine rings is 1. The van der Waals surface area contributed by atoms with Gasteiger partial charge in [0.05, 0.1) is 26.7 Å². The van der Waals surface area contributed by atoms with E-state index in [1.807, 2.05) is 0 Å². The van der Waals surface area contributed by atoms with Crippen molar-refractivity contribution in [3.63, 3.8) is 0 Å². The average molecular weight is 433 g/mol. The van der Waals surface area contributed by atoms with Gasteiger partial charge in [-0.2, -0.15) is 0 Å². The molecule has 0 aliphatic carbocycles. The van der Waals surface area contributed by atoms with Crippen molar-refractivity contribution < 1.29 is 23.5 Å². The second kappa shape index (κ2) is 7.42. The van der Waals surface area contributed by atoms with Gasteiger partial charge in [-0.25, -0.2) is 4.39 Å². The number of ether oxygens (including phenoxy) is 1. The van der Waals surface area contributed by atoms with Crippen LogP contribution < -0.4 is 0 Å². The van der Waals surface area contributed by atoms with Gasteiger partial charge in [0.25, 0.3) is 11.8 Å². The Morgan fingerprint density at radius 3 is 2.38 bits per heavy atom. The molecule has 1 aliphatic heterocycles. The van der Waals surface area contributed by atoms with Crippen LogP contribution in [0.2, 0.25) is 10.0 Å². The molecule has 4 rings (SSSR count). The molecule has 6 nitrogen and oxygen atoms in total. The Hall–Kier alpha value is -3.03. The SMILES string of the molecule is O=C(CN1C(=O)c2cc(Cl)c(Cl)cc2C1=O)OCc1ccc(F)c2cccnc12. The smallest absolute Gasteiger partial charge is 0.326 e. The van der Waals surface area contributed by atoms with E-state index < -0.39 is 30.1 Å². The second-order valence-corrected chi connectivity index (χ2v) is 7.09. The van der Waals surface area contributed by atoms with Crippen molar-refractivity contribution in [1.29, 1.82) is 0 Å². The lowest BCUT2D eigenvalue weighted by Gasteiger charge is -2.13. The van der Waals surface area contributed by atoms with E-state index in [1.165, 1.54) is 30.5 Å². The van der Waals surface area contributed by atoms with E-state index in [1.54, 1.807) is 12.1 Å². The number of esters is 1. The molecule has 2 amide bonds. The molecule has 1 aliphatic rings. The van der Waals surface area contributed by atoms with E-state index in [4.69, 9.17) is 27.9 Å². The molecule has 2 aromatic carbocycles. The predicted molar refractivity (Wildman–Crippen MR) is 103 cm³/mol. The first-order chi connectivity index (χ1) is 13.9. The van der Waals surface area contributed by atoms with Crippen molar-refractivity contribution >= 4 is 51.9 Å². The first kappa shape index (κ1) is 19.3. The summed E-state index contributed by atoms with van der Waals surface area (Å²) in [5, 5.41) is 0.563. The van der Waals surface area contributed by atoms with Crippen LogP contribution in [0.3, 0.4) is 0 Å². The molecule has 2 heterocycles. The highest BCUT2D eigenvalue weighted by molar-refractivity contribution is 6.43.